The van der Waals surface area contributed by atoms with E-state index in [1.165, 1.54) is 23.3 Å². The summed E-state index contributed by atoms with van der Waals surface area (Å²) >= 11 is 0. The summed E-state index contributed by atoms with van der Waals surface area (Å²) in [5, 5.41) is 3.43. The van der Waals surface area contributed by atoms with Crippen LogP contribution in [-0.2, 0) is 12.8 Å². The zero-order valence-corrected chi connectivity index (χ0v) is 10.7. The first kappa shape index (κ1) is 12.2. The molecule has 0 aliphatic carbocycles. The lowest BCUT2D eigenvalue weighted by Crippen LogP contribution is -2.07. The van der Waals surface area contributed by atoms with Crippen molar-refractivity contribution in [2.24, 2.45) is 0 Å². The molecule has 2 aromatic rings. The summed E-state index contributed by atoms with van der Waals surface area (Å²) in [5.41, 5.74) is 4.45. The molecule has 1 heterocycles. The van der Waals surface area contributed by atoms with Gasteiger partial charge in [0.15, 0.2) is 11.6 Å². The minimum absolute atomic E-state index is 0.0257. The Morgan fingerprint density at radius 3 is 2.74 bits per heavy atom. The molecule has 0 fully saturated rings. The molecular weight excluding hydrogens is 244 g/mol. The van der Waals surface area contributed by atoms with Gasteiger partial charge in [0.25, 0.3) is 0 Å². The number of nitrogens with one attached hydrogen (secondary N) is 1. The molecule has 1 atom stereocenters. The van der Waals surface area contributed by atoms with Crippen molar-refractivity contribution in [3.63, 3.8) is 0 Å². The summed E-state index contributed by atoms with van der Waals surface area (Å²) in [6.07, 6.45) is 1.77. The van der Waals surface area contributed by atoms with Crippen molar-refractivity contribution in [3.8, 4) is 0 Å². The molecule has 0 radical (unpaired) electrons. The maximum atomic E-state index is 13.3. The molecule has 0 saturated carbocycles. The first-order valence-corrected chi connectivity index (χ1v) is 6.51. The minimum Gasteiger partial charge on any atom is -0.377 e. The molecule has 3 rings (SSSR count). The first-order valence-electron chi connectivity index (χ1n) is 6.51. The van der Waals surface area contributed by atoms with Crippen LogP contribution in [0.2, 0.25) is 0 Å². The SMILES string of the molecule is CCc1cccc2c1NC(c1ccc(F)c(F)c1)C2. The van der Waals surface area contributed by atoms with Gasteiger partial charge >= 0.3 is 0 Å². The van der Waals surface area contributed by atoms with E-state index in [9.17, 15) is 8.78 Å². The van der Waals surface area contributed by atoms with E-state index in [-0.39, 0.29) is 6.04 Å². The van der Waals surface area contributed by atoms with E-state index in [4.69, 9.17) is 0 Å². The van der Waals surface area contributed by atoms with Gasteiger partial charge in [-0.2, -0.15) is 0 Å². The van der Waals surface area contributed by atoms with E-state index in [1.807, 2.05) is 6.07 Å². The smallest absolute Gasteiger partial charge is 0.159 e. The van der Waals surface area contributed by atoms with Crippen molar-refractivity contribution in [3.05, 3.63) is 64.7 Å². The Balaban J connectivity index is 1.93. The maximum absolute atomic E-state index is 13.3. The second kappa shape index (κ2) is 4.65. The predicted molar refractivity (Wildman–Crippen MR) is 72.2 cm³/mol. The summed E-state index contributed by atoms with van der Waals surface area (Å²) in [6.45, 7) is 2.11. The third kappa shape index (κ3) is 2.09. The van der Waals surface area contributed by atoms with Gasteiger partial charge in [0.1, 0.15) is 0 Å². The zero-order valence-electron chi connectivity index (χ0n) is 10.7. The molecule has 1 nitrogen and oxygen atoms in total. The molecule has 0 spiro atoms. The fourth-order valence-electron chi connectivity index (χ4n) is 2.68. The molecule has 2 aromatic carbocycles. The number of aryl methyl sites for hydroxylation is 1. The number of rotatable bonds is 2. The van der Waals surface area contributed by atoms with Crippen molar-refractivity contribution < 1.29 is 8.78 Å². The van der Waals surface area contributed by atoms with Gasteiger partial charge in [-0.1, -0.05) is 31.2 Å². The number of anilines is 1. The van der Waals surface area contributed by atoms with Crippen LogP contribution in [0, 0.1) is 11.6 Å². The highest BCUT2D eigenvalue weighted by Gasteiger charge is 2.24. The lowest BCUT2D eigenvalue weighted by atomic mass is 10.0. The van der Waals surface area contributed by atoms with Crippen molar-refractivity contribution >= 4 is 5.69 Å². The Bertz CT molecular complexity index is 622. The largest absolute Gasteiger partial charge is 0.377 e. The Morgan fingerprint density at radius 1 is 1.16 bits per heavy atom. The standard InChI is InChI=1S/C16H15F2N/c1-2-10-4-3-5-12-9-15(19-16(10)12)11-6-7-13(17)14(18)8-11/h3-8,15,19H,2,9H2,1H3. The van der Waals surface area contributed by atoms with Crippen LogP contribution < -0.4 is 5.32 Å². The maximum Gasteiger partial charge on any atom is 0.159 e. The van der Waals surface area contributed by atoms with Crippen LogP contribution in [0.15, 0.2) is 36.4 Å². The number of hydrogen-bond acceptors (Lipinski definition) is 1. The molecule has 98 valence electrons. The topological polar surface area (TPSA) is 12.0 Å². The molecule has 1 aliphatic heterocycles. The second-order valence-corrected chi connectivity index (χ2v) is 4.88. The second-order valence-electron chi connectivity index (χ2n) is 4.88. The quantitative estimate of drug-likeness (QED) is 0.850. The van der Waals surface area contributed by atoms with Crippen molar-refractivity contribution in [1.82, 2.24) is 0 Å². The van der Waals surface area contributed by atoms with Crippen LogP contribution in [0.1, 0.15) is 29.7 Å². The number of halogens is 2. The van der Waals surface area contributed by atoms with Crippen LogP contribution in [0.25, 0.3) is 0 Å². The average Bonchev–Trinajstić information content (AvgIpc) is 2.85. The summed E-state index contributed by atoms with van der Waals surface area (Å²) in [6, 6.07) is 10.4. The lowest BCUT2D eigenvalue weighted by molar-refractivity contribution is 0.506. The van der Waals surface area contributed by atoms with Gasteiger partial charge in [-0.3, -0.25) is 0 Å². The zero-order chi connectivity index (χ0) is 13.4. The molecule has 1 aliphatic rings. The molecule has 0 bridgehead atoms. The third-order valence-electron chi connectivity index (χ3n) is 3.71. The lowest BCUT2D eigenvalue weighted by Gasteiger charge is -2.13. The van der Waals surface area contributed by atoms with Gasteiger partial charge in [0.2, 0.25) is 0 Å². The third-order valence-corrected chi connectivity index (χ3v) is 3.71. The van der Waals surface area contributed by atoms with Gasteiger partial charge in [-0.25, -0.2) is 8.78 Å². The molecule has 0 aromatic heterocycles. The van der Waals surface area contributed by atoms with Gasteiger partial charge in [0, 0.05) is 5.69 Å². The molecule has 1 N–H and O–H groups in total. The van der Waals surface area contributed by atoms with E-state index in [2.05, 4.69) is 24.4 Å². The molecule has 3 heteroatoms. The molecule has 1 unspecified atom stereocenters. The Kier molecular flexibility index (Phi) is 2.97. The van der Waals surface area contributed by atoms with Crippen LogP contribution in [0.3, 0.4) is 0 Å². The highest BCUT2D eigenvalue weighted by atomic mass is 19.2. The van der Waals surface area contributed by atoms with E-state index >= 15 is 0 Å². The van der Waals surface area contributed by atoms with Crippen LogP contribution >= 0.6 is 0 Å². The number of fused-ring (bicyclic) bond motifs is 1. The Morgan fingerprint density at radius 2 is 2.00 bits per heavy atom. The van der Waals surface area contributed by atoms with Crippen LogP contribution in [0.5, 0.6) is 0 Å². The fraction of sp³-hybridized carbons (Fsp3) is 0.250. The molecule has 19 heavy (non-hydrogen) atoms. The predicted octanol–water partition coefficient (Wildman–Crippen LogP) is 4.24. The van der Waals surface area contributed by atoms with Gasteiger partial charge in [-0.05, 0) is 41.7 Å². The molecule has 0 saturated heterocycles. The Hall–Kier alpha value is -1.90. The number of hydrogen-bond donors (Lipinski definition) is 1. The summed E-state index contributed by atoms with van der Waals surface area (Å²) in [5.74, 6) is -1.58. The van der Waals surface area contributed by atoms with E-state index in [0.29, 0.717) is 0 Å². The Labute approximate surface area is 111 Å². The summed E-state index contributed by atoms with van der Waals surface area (Å²) in [4.78, 5) is 0. The van der Waals surface area contributed by atoms with E-state index in [0.717, 1.165) is 24.1 Å². The van der Waals surface area contributed by atoms with E-state index in [1.54, 1.807) is 6.07 Å². The van der Waals surface area contributed by atoms with Crippen molar-refractivity contribution in [2.45, 2.75) is 25.8 Å². The minimum atomic E-state index is -0.798. The van der Waals surface area contributed by atoms with Gasteiger partial charge < -0.3 is 5.32 Å². The number of para-hydroxylation sites is 1. The fourth-order valence-corrected chi connectivity index (χ4v) is 2.68. The summed E-state index contributed by atoms with van der Waals surface area (Å²) < 4.78 is 26.3. The molecular formula is C16H15F2N. The van der Waals surface area contributed by atoms with Crippen LogP contribution in [-0.4, -0.2) is 0 Å². The van der Waals surface area contributed by atoms with Crippen molar-refractivity contribution in [2.75, 3.05) is 5.32 Å². The van der Waals surface area contributed by atoms with Crippen molar-refractivity contribution in [1.29, 1.82) is 0 Å². The highest BCUT2D eigenvalue weighted by Crippen LogP contribution is 2.36. The first-order chi connectivity index (χ1) is 9.19. The van der Waals surface area contributed by atoms with Crippen LogP contribution in [0.4, 0.5) is 14.5 Å². The molecule has 0 amide bonds. The summed E-state index contributed by atoms with van der Waals surface area (Å²) in [7, 11) is 0. The average molecular weight is 259 g/mol. The highest BCUT2D eigenvalue weighted by molar-refractivity contribution is 5.63. The normalized spacial score (nSPS) is 17.1. The monoisotopic (exact) mass is 259 g/mol. The number of benzene rings is 2. The van der Waals surface area contributed by atoms with E-state index < -0.39 is 11.6 Å². The van der Waals surface area contributed by atoms with Gasteiger partial charge in [0.05, 0.1) is 6.04 Å². The van der Waals surface area contributed by atoms with Gasteiger partial charge in [-0.15, -0.1) is 0 Å².